The van der Waals surface area contributed by atoms with Gasteiger partial charge in [-0.15, -0.1) is 0 Å². The van der Waals surface area contributed by atoms with Gasteiger partial charge in [0, 0.05) is 6.54 Å². The van der Waals surface area contributed by atoms with Crippen LogP contribution in [0.1, 0.15) is 23.1 Å². The first-order valence-electron chi connectivity index (χ1n) is 7.62. The van der Waals surface area contributed by atoms with E-state index < -0.39 is 11.7 Å². The fourth-order valence-electron chi connectivity index (χ4n) is 2.52. The average Bonchev–Trinajstić information content (AvgIpc) is 2.59. The fourth-order valence-corrected chi connectivity index (χ4v) is 2.52. The molecule has 0 bridgehead atoms. The predicted molar refractivity (Wildman–Crippen MR) is 89.2 cm³/mol. The van der Waals surface area contributed by atoms with Crippen LogP contribution in [-0.2, 0) is 6.54 Å². The number of rotatable bonds is 4. The molecule has 0 saturated carbocycles. The van der Waals surface area contributed by atoms with E-state index in [0.29, 0.717) is 23.3 Å². The summed E-state index contributed by atoms with van der Waals surface area (Å²) in [5.41, 5.74) is 0.304. The Labute approximate surface area is 137 Å². The molecule has 0 aliphatic rings. The van der Waals surface area contributed by atoms with Crippen LogP contribution in [0.25, 0.3) is 10.9 Å². The minimum Gasteiger partial charge on any atom is -0.331 e. The lowest BCUT2D eigenvalue weighted by atomic mass is 10.2. The Morgan fingerprint density at radius 3 is 2.62 bits per heavy atom. The number of aromatic nitrogens is 2. The molecule has 5 nitrogen and oxygen atoms in total. The Balaban J connectivity index is 1.92. The summed E-state index contributed by atoms with van der Waals surface area (Å²) in [6.45, 7) is 2.26. The number of halogens is 1. The number of benzene rings is 2. The summed E-state index contributed by atoms with van der Waals surface area (Å²) in [6.07, 6.45) is 0. The predicted octanol–water partition coefficient (Wildman–Crippen LogP) is 2.72. The second kappa shape index (κ2) is 6.62. The summed E-state index contributed by atoms with van der Waals surface area (Å²) < 4.78 is 13.8. The van der Waals surface area contributed by atoms with Crippen LogP contribution in [-0.4, -0.2) is 27.3 Å². The molecule has 1 aromatic heterocycles. The zero-order valence-electron chi connectivity index (χ0n) is 13.1. The lowest BCUT2D eigenvalue weighted by molar-refractivity contribution is 0.0743. The topological polar surface area (TPSA) is 66.1 Å². The fraction of sp³-hybridized carbons (Fsp3) is 0.167. The van der Waals surface area contributed by atoms with Gasteiger partial charge in [-0.1, -0.05) is 24.3 Å². The van der Waals surface area contributed by atoms with Crippen molar-refractivity contribution in [1.29, 1.82) is 0 Å². The van der Waals surface area contributed by atoms with Crippen molar-refractivity contribution in [3.05, 3.63) is 76.1 Å². The maximum absolute atomic E-state index is 13.8. The minimum atomic E-state index is -0.569. The van der Waals surface area contributed by atoms with Crippen LogP contribution >= 0.6 is 0 Å². The van der Waals surface area contributed by atoms with E-state index in [1.165, 1.54) is 23.1 Å². The third-order valence-corrected chi connectivity index (χ3v) is 3.78. The first-order chi connectivity index (χ1) is 11.6. The average molecular weight is 325 g/mol. The number of H-pyrrole nitrogens is 1. The van der Waals surface area contributed by atoms with Crippen molar-refractivity contribution in [3.63, 3.8) is 0 Å². The molecule has 2 aromatic carbocycles. The first kappa shape index (κ1) is 15.9. The number of hydrogen-bond donors (Lipinski definition) is 1. The number of fused-ring (bicyclic) bond motifs is 1. The molecule has 24 heavy (non-hydrogen) atoms. The Morgan fingerprint density at radius 1 is 1.17 bits per heavy atom. The third kappa shape index (κ3) is 3.03. The van der Waals surface area contributed by atoms with Gasteiger partial charge in [0.1, 0.15) is 11.6 Å². The number of nitrogens with zero attached hydrogens (tertiary/aromatic N) is 2. The zero-order chi connectivity index (χ0) is 17.1. The third-order valence-electron chi connectivity index (χ3n) is 3.78. The molecule has 0 radical (unpaired) electrons. The summed E-state index contributed by atoms with van der Waals surface area (Å²) in [5, 5.41) is 0.490. The number of nitrogens with one attached hydrogen (secondary N) is 1. The van der Waals surface area contributed by atoms with Crippen LogP contribution in [0.15, 0.2) is 53.3 Å². The highest BCUT2D eigenvalue weighted by atomic mass is 19.1. The normalized spacial score (nSPS) is 10.8. The van der Waals surface area contributed by atoms with E-state index in [9.17, 15) is 14.0 Å². The number of amides is 1. The van der Waals surface area contributed by atoms with Crippen LogP contribution in [0.5, 0.6) is 0 Å². The molecule has 0 fully saturated rings. The first-order valence-corrected chi connectivity index (χ1v) is 7.62. The van der Waals surface area contributed by atoms with Gasteiger partial charge in [-0.2, -0.15) is 0 Å². The largest absolute Gasteiger partial charge is 0.331 e. The van der Waals surface area contributed by atoms with Crippen LogP contribution in [0.4, 0.5) is 4.39 Å². The molecular weight excluding hydrogens is 309 g/mol. The molecule has 0 aliphatic heterocycles. The second-order valence-corrected chi connectivity index (χ2v) is 5.33. The number of aromatic amines is 1. The van der Waals surface area contributed by atoms with E-state index in [-0.39, 0.29) is 17.7 Å². The van der Waals surface area contributed by atoms with Gasteiger partial charge in [-0.05, 0) is 31.2 Å². The highest BCUT2D eigenvalue weighted by molar-refractivity contribution is 5.94. The summed E-state index contributed by atoms with van der Waals surface area (Å²) in [7, 11) is 0. The monoisotopic (exact) mass is 325 g/mol. The molecule has 0 atom stereocenters. The van der Waals surface area contributed by atoms with Crippen LogP contribution in [0, 0.1) is 5.82 Å². The van der Waals surface area contributed by atoms with Gasteiger partial charge in [0.05, 0.1) is 23.0 Å². The molecule has 0 aliphatic carbocycles. The van der Waals surface area contributed by atoms with Crippen molar-refractivity contribution in [2.75, 3.05) is 6.54 Å². The Hall–Kier alpha value is -3.02. The molecule has 122 valence electrons. The molecule has 1 amide bonds. The summed E-state index contributed by atoms with van der Waals surface area (Å²) in [6, 6.07) is 12.8. The van der Waals surface area contributed by atoms with Crippen LogP contribution < -0.4 is 5.56 Å². The molecular formula is C18H16FN3O2. The molecule has 3 aromatic rings. The van der Waals surface area contributed by atoms with E-state index in [1.807, 2.05) is 0 Å². The molecule has 6 heteroatoms. The van der Waals surface area contributed by atoms with Crippen molar-refractivity contribution in [2.24, 2.45) is 0 Å². The summed E-state index contributed by atoms with van der Waals surface area (Å²) >= 11 is 0. The van der Waals surface area contributed by atoms with Crippen molar-refractivity contribution in [2.45, 2.75) is 13.5 Å². The smallest absolute Gasteiger partial charge is 0.258 e. The molecule has 0 spiro atoms. The summed E-state index contributed by atoms with van der Waals surface area (Å²) in [4.78, 5) is 33.1. The Kier molecular flexibility index (Phi) is 4.37. The molecule has 0 unspecified atom stereocenters. The molecule has 1 N–H and O–H groups in total. The maximum atomic E-state index is 13.8. The van der Waals surface area contributed by atoms with E-state index in [2.05, 4.69) is 9.97 Å². The highest BCUT2D eigenvalue weighted by Crippen LogP contribution is 2.12. The second-order valence-electron chi connectivity index (χ2n) is 5.33. The van der Waals surface area contributed by atoms with Gasteiger partial charge in [-0.25, -0.2) is 9.37 Å². The van der Waals surface area contributed by atoms with Gasteiger partial charge in [0.2, 0.25) is 0 Å². The highest BCUT2D eigenvalue weighted by Gasteiger charge is 2.19. The van der Waals surface area contributed by atoms with Gasteiger partial charge in [-0.3, -0.25) is 9.59 Å². The quantitative estimate of drug-likeness (QED) is 0.802. The van der Waals surface area contributed by atoms with Crippen molar-refractivity contribution >= 4 is 16.8 Å². The number of carbonyl (C=O) groups excluding carboxylic acids is 1. The number of hydrogen-bond acceptors (Lipinski definition) is 3. The lowest BCUT2D eigenvalue weighted by Gasteiger charge is -2.20. The number of para-hydroxylation sites is 1. The van der Waals surface area contributed by atoms with E-state index >= 15 is 0 Å². The lowest BCUT2D eigenvalue weighted by Crippen LogP contribution is -2.32. The van der Waals surface area contributed by atoms with E-state index in [1.54, 1.807) is 37.3 Å². The molecule has 1 heterocycles. The van der Waals surface area contributed by atoms with E-state index in [0.717, 1.165) is 0 Å². The Bertz CT molecular complexity index is 952. The zero-order valence-corrected chi connectivity index (χ0v) is 13.1. The molecule has 3 rings (SSSR count). The van der Waals surface area contributed by atoms with Gasteiger partial charge < -0.3 is 9.88 Å². The van der Waals surface area contributed by atoms with Crippen molar-refractivity contribution in [1.82, 2.24) is 14.9 Å². The van der Waals surface area contributed by atoms with E-state index in [4.69, 9.17) is 0 Å². The van der Waals surface area contributed by atoms with Gasteiger partial charge in [0.25, 0.3) is 11.5 Å². The van der Waals surface area contributed by atoms with Crippen LogP contribution in [0.3, 0.4) is 0 Å². The van der Waals surface area contributed by atoms with Crippen LogP contribution in [0.2, 0.25) is 0 Å². The number of carbonyl (C=O) groups is 1. The SMILES string of the molecule is CCN(Cc1nc2ccccc2c(=O)[nH]1)C(=O)c1ccccc1F. The van der Waals surface area contributed by atoms with Gasteiger partial charge in [0.15, 0.2) is 0 Å². The van der Waals surface area contributed by atoms with Crippen molar-refractivity contribution in [3.8, 4) is 0 Å². The van der Waals surface area contributed by atoms with Crippen molar-refractivity contribution < 1.29 is 9.18 Å². The Morgan fingerprint density at radius 2 is 1.88 bits per heavy atom. The van der Waals surface area contributed by atoms with Gasteiger partial charge >= 0.3 is 0 Å². The summed E-state index contributed by atoms with van der Waals surface area (Å²) in [5.74, 6) is -0.641. The molecule has 0 saturated heterocycles. The standard InChI is InChI=1S/C18H16FN3O2/c1-2-22(18(24)12-7-3-5-9-14(12)19)11-16-20-15-10-6-4-8-13(15)17(23)21-16/h3-10H,2,11H2,1H3,(H,20,21,23). The maximum Gasteiger partial charge on any atom is 0.258 e. The minimum absolute atomic E-state index is 0.00230.